The van der Waals surface area contributed by atoms with Crippen molar-refractivity contribution in [3.63, 3.8) is 0 Å². The Bertz CT molecular complexity index is 502. The largest absolute Gasteiger partial charge is 0.388 e. The molecule has 2 unspecified atom stereocenters. The van der Waals surface area contributed by atoms with Gasteiger partial charge in [0.2, 0.25) is 0 Å². The summed E-state index contributed by atoms with van der Waals surface area (Å²) in [6, 6.07) is 0.336. The van der Waals surface area contributed by atoms with Gasteiger partial charge in [-0.2, -0.15) is 5.10 Å². The van der Waals surface area contributed by atoms with Crippen molar-refractivity contribution in [1.82, 2.24) is 14.7 Å². The summed E-state index contributed by atoms with van der Waals surface area (Å²) in [5, 5.41) is 15.7. The molecular weight excluding hydrogens is 318 g/mol. The highest BCUT2D eigenvalue weighted by atomic mass is 79.9. The Morgan fingerprint density at radius 1 is 1.40 bits per heavy atom. The second kappa shape index (κ2) is 5.43. The zero-order valence-corrected chi connectivity index (χ0v) is 14.0. The zero-order valence-electron chi connectivity index (χ0n) is 12.4. The topological polar surface area (TPSA) is 41.3 Å². The highest BCUT2D eigenvalue weighted by Gasteiger charge is 2.47. The monoisotopic (exact) mass is 341 g/mol. The molecule has 2 fully saturated rings. The number of aryl methyl sites for hydroxylation is 2. The Balaban J connectivity index is 1.85. The third-order valence-corrected chi connectivity index (χ3v) is 5.96. The van der Waals surface area contributed by atoms with Crippen LogP contribution in [0.5, 0.6) is 0 Å². The van der Waals surface area contributed by atoms with Crippen LogP contribution in [0.2, 0.25) is 0 Å². The Kier molecular flexibility index (Phi) is 3.95. The molecule has 3 heterocycles. The lowest BCUT2D eigenvalue weighted by Gasteiger charge is -2.37. The number of aliphatic hydroxyl groups is 1. The molecular formula is C15H24BrN3O. The van der Waals surface area contributed by atoms with Crippen molar-refractivity contribution < 1.29 is 5.11 Å². The molecule has 0 radical (unpaired) electrons. The van der Waals surface area contributed by atoms with Gasteiger partial charge in [0.15, 0.2) is 0 Å². The number of piperidine rings is 1. The van der Waals surface area contributed by atoms with Crippen LogP contribution in [-0.4, -0.2) is 44.5 Å². The fraction of sp³-hybridized carbons (Fsp3) is 0.800. The number of hydrogen-bond acceptors (Lipinski definition) is 3. The number of rotatable bonds is 3. The quantitative estimate of drug-likeness (QED) is 0.916. The van der Waals surface area contributed by atoms with Crippen molar-refractivity contribution in [3.05, 3.63) is 15.9 Å². The average Bonchev–Trinajstić information content (AvgIpc) is 2.92. The van der Waals surface area contributed by atoms with Crippen LogP contribution in [0.4, 0.5) is 0 Å². The van der Waals surface area contributed by atoms with Gasteiger partial charge in [-0.3, -0.25) is 9.58 Å². The molecule has 0 saturated carbocycles. The predicted octanol–water partition coefficient (Wildman–Crippen LogP) is 2.28. The molecule has 2 atom stereocenters. The molecule has 2 saturated heterocycles. The van der Waals surface area contributed by atoms with E-state index < -0.39 is 5.60 Å². The summed E-state index contributed by atoms with van der Waals surface area (Å²) in [6.45, 7) is 4.31. The van der Waals surface area contributed by atoms with Crippen LogP contribution in [0.25, 0.3) is 0 Å². The van der Waals surface area contributed by atoms with Gasteiger partial charge in [0.1, 0.15) is 0 Å². The SMILES string of the molecule is CCc1nn(C)c(CC2(O)CCN3CCCCC32)c1Br. The molecule has 0 aliphatic carbocycles. The third-order valence-electron chi connectivity index (χ3n) is 5.04. The van der Waals surface area contributed by atoms with Crippen LogP contribution in [0, 0.1) is 0 Å². The lowest BCUT2D eigenvalue weighted by molar-refractivity contribution is -0.0103. The van der Waals surface area contributed by atoms with Crippen molar-refractivity contribution in [1.29, 1.82) is 0 Å². The summed E-state index contributed by atoms with van der Waals surface area (Å²) in [6.07, 6.45) is 6.17. The molecule has 3 rings (SSSR count). The summed E-state index contributed by atoms with van der Waals surface area (Å²) < 4.78 is 3.03. The van der Waals surface area contributed by atoms with Gasteiger partial charge in [0.05, 0.1) is 21.5 Å². The Morgan fingerprint density at radius 3 is 2.90 bits per heavy atom. The fourth-order valence-electron chi connectivity index (χ4n) is 3.88. The average molecular weight is 342 g/mol. The highest BCUT2D eigenvalue weighted by molar-refractivity contribution is 9.10. The van der Waals surface area contributed by atoms with Crippen LogP contribution in [0.1, 0.15) is 44.0 Å². The minimum Gasteiger partial charge on any atom is -0.388 e. The minimum absolute atomic E-state index is 0.336. The van der Waals surface area contributed by atoms with Crippen LogP contribution in [-0.2, 0) is 19.9 Å². The first kappa shape index (κ1) is 14.5. The zero-order chi connectivity index (χ0) is 14.3. The first-order valence-corrected chi connectivity index (χ1v) is 8.51. The maximum absolute atomic E-state index is 11.2. The van der Waals surface area contributed by atoms with Crippen molar-refractivity contribution in [2.75, 3.05) is 13.1 Å². The first-order valence-electron chi connectivity index (χ1n) is 7.72. The molecule has 1 aromatic rings. The van der Waals surface area contributed by atoms with Gasteiger partial charge in [-0.25, -0.2) is 0 Å². The van der Waals surface area contributed by atoms with Gasteiger partial charge in [0.25, 0.3) is 0 Å². The van der Waals surface area contributed by atoms with Gasteiger partial charge < -0.3 is 5.11 Å². The number of nitrogens with zero attached hydrogens (tertiary/aromatic N) is 3. The number of aromatic nitrogens is 2. The summed E-state index contributed by atoms with van der Waals surface area (Å²) in [4.78, 5) is 2.48. The smallest absolute Gasteiger partial charge is 0.0869 e. The van der Waals surface area contributed by atoms with Crippen LogP contribution in [0.15, 0.2) is 4.47 Å². The normalized spacial score (nSPS) is 30.7. The number of fused-ring (bicyclic) bond motifs is 1. The predicted molar refractivity (Wildman–Crippen MR) is 82.8 cm³/mol. The summed E-state index contributed by atoms with van der Waals surface area (Å²) in [5.74, 6) is 0. The first-order chi connectivity index (χ1) is 9.55. The molecule has 5 heteroatoms. The Labute approximate surface area is 129 Å². The lowest BCUT2D eigenvalue weighted by Crippen LogP contribution is -2.48. The Morgan fingerprint density at radius 2 is 2.20 bits per heavy atom. The van der Waals surface area contributed by atoms with E-state index in [-0.39, 0.29) is 0 Å². The molecule has 0 aromatic carbocycles. The molecule has 4 nitrogen and oxygen atoms in total. The lowest BCUT2D eigenvalue weighted by atomic mass is 9.85. The second-order valence-electron chi connectivity index (χ2n) is 6.26. The van der Waals surface area contributed by atoms with E-state index in [9.17, 15) is 5.11 Å². The van der Waals surface area contributed by atoms with Gasteiger partial charge in [-0.05, 0) is 48.2 Å². The van der Waals surface area contributed by atoms with Crippen molar-refractivity contribution in [3.8, 4) is 0 Å². The van der Waals surface area contributed by atoms with Crippen LogP contribution >= 0.6 is 15.9 Å². The van der Waals surface area contributed by atoms with E-state index in [1.807, 2.05) is 11.7 Å². The standard InChI is InChI=1S/C15H24BrN3O/c1-3-11-14(16)12(18(2)17-11)10-15(20)7-9-19-8-5-4-6-13(15)19/h13,20H,3-10H2,1-2H3. The van der Waals surface area contributed by atoms with E-state index >= 15 is 0 Å². The van der Waals surface area contributed by atoms with Crippen molar-refractivity contribution in [2.45, 2.75) is 57.1 Å². The molecule has 1 aromatic heterocycles. The van der Waals surface area contributed by atoms with E-state index in [0.29, 0.717) is 12.5 Å². The molecule has 20 heavy (non-hydrogen) atoms. The molecule has 2 aliphatic rings. The van der Waals surface area contributed by atoms with Crippen molar-refractivity contribution in [2.24, 2.45) is 7.05 Å². The Hall–Kier alpha value is -0.390. The molecule has 1 N–H and O–H groups in total. The van der Waals surface area contributed by atoms with Gasteiger partial charge >= 0.3 is 0 Å². The van der Waals surface area contributed by atoms with E-state index in [4.69, 9.17) is 0 Å². The van der Waals surface area contributed by atoms with E-state index in [1.165, 1.54) is 12.8 Å². The molecule has 0 bridgehead atoms. The molecule has 0 spiro atoms. The highest BCUT2D eigenvalue weighted by Crippen LogP contribution is 2.38. The molecule has 112 valence electrons. The van der Waals surface area contributed by atoms with Crippen LogP contribution < -0.4 is 0 Å². The fourth-order valence-corrected chi connectivity index (χ4v) is 4.64. The van der Waals surface area contributed by atoms with Crippen molar-refractivity contribution >= 4 is 15.9 Å². The maximum Gasteiger partial charge on any atom is 0.0869 e. The maximum atomic E-state index is 11.2. The third kappa shape index (κ3) is 2.34. The number of hydrogen-bond donors (Lipinski definition) is 1. The van der Waals surface area contributed by atoms with E-state index in [0.717, 1.165) is 48.2 Å². The summed E-state index contributed by atoms with van der Waals surface area (Å²) in [7, 11) is 1.98. The molecule has 0 amide bonds. The van der Waals surface area contributed by atoms with E-state index in [1.54, 1.807) is 0 Å². The number of halogens is 1. The summed E-state index contributed by atoms with van der Waals surface area (Å²) >= 11 is 3.67. The molecule has 2 aliphatic heterocycles. The summed E-state index contributed by atoms with van der Waals surface area (Å²) in [5.41, 5.74) is 1.64. The van der Waals surface area contributed by atoms with Gasteiger partial charge in [-0.1, -0.05) is 13.3 Å². The van der Waals surface area contributed by atoms with Gasteiger partial charge in [-0.15, -0.1) is 0 Å². The van der Waals surface area contributed by atoms with Crippen LogP contribution in [0.3, 0.4) is 0 Å². The van der Waals surface area contributed by atoms with E-state index in [2.05, 4.69) is 32.9 Å². The van der Waals surface area contributed by atoms with Gasteiger partial charge in [0, 0.05) is 26.1 Å². The minimum atomic E-state index is -0.582. The second-order valence-corrected chi connectivity index (χ2v) is 7.06.